The highest BCUT2D eigenvalue weighted by molar-refractivity contribution is 5.75. The van der Waals surface area contributed by atoms with Gasteiger partial charge in [-0.15, -0.1) is 0 Å². The van der Waals surface area contributed by atoms with E-state index in [1.165, 1.54) is 9.13 Å². The highest BCUT2D eigenvalue weighted by atomic mass is 19.1. The van der Waals surface area contributed by atoms with E-state index < -0.39 is 11.3 Å². The normalized spacial score (nSPS) is 16.4. The molecule has 0 radical (unpaired) electrons. The van der Waals surface area contributed by atoms with E-state index in [4.69, 9.17) is 4.98 Å². The molecule has 2 aromatic carbocycles. The number of nitrogens with zero attached hydrogens (tertiary/aromatic N) is 8. The van der Waals surface area contributed by atoms with Gasteiger partial charge in [-0.2, -0.15) is 0 Å². The third-order valence-electron chi connectivity index (χ3n) is 11.7. The van der Waals surface area contributed by atoms with Crippen molar-refractivity contribution in [1.82, 2.24) is 49.3 Å². The molecule has 0 amide bonds. The minimum absolute atomic E-state index is 0.00972. The van der Waals surface area contributed by atoms with Crippen LogP contribution in [0.4, 0.5) is 14.5 Å². The molecule has 0 atom stereocenters. The number of hydrogen-bond acceptors (Lipinski definition) is 9. The number of hydrogen-bond donors (Lipinski definition) is 3. The van der Waals surface area contributed by atoms with Gasteiger partial charge in [0.05, 0.1) is 37.4 Å². The molecule has 312 valence electrons. The fraction of sp³-hybridized carbons (Fsp3) is 0.400. The average Bonchev–Trinajstić information content (AvgIpc) is 3.73. The maximum absolute atomic E-state index is 15.9. The summed E-state index contributed by atoms with van der Waals surface area (Å²) in [5, 5.41) is 3.16. The second-order valence-corrected chi connectivity index (χ2v) is 16.6. The Morgan fingerprint density at radius 2 is 1.13 bits per heavy atom. The molecule has 0 spiro atoms. The third-order valence-corrected chi connectivity index (χ3v) is 11.7. The van der Waals surface area contributed by atoms with Gasteiger partial charge in [0.2, 0.25) is 0 Å². The van der Waals surface area contributed by atoms with Crippen molar-refractivity contribution in [1.29, 1.82) is 0 Å². The molecule has 7 aromatic rings. The summed E-state index contributed by atoms with van der Waals surface area (Å²) >= 11 is 0. The second kappa shape index (κ2) is 16.9. The molecule has 0 bridgehead atoms. The lowest BCUT2D eigenvalue weighted by atomic mass is 9.93. The molecule has 0 aliphatic carbocycles. The Labute approximate surface area is 346 Å². The van der Waals surface area contributed by atoms with Crippen LogP contribution in [-0.4, -0.2) is 81.5 Å². The van der Waals surface area contributed by atoms with E-state index in [2.05, 4.69) is 79.9 Å². The number of rotatable bonds is 9. The van der Waals surface area contributed by atoms with Crippen molar-refractivity contribution in [3.8, 4) is 22.8 Å². The molecular formula is C45H51F2N11O2. The monoisotopic (exact) mass is 815 g/mol. The number of fused-ring (bicyclic) bond motifs is 2. The van der Waals surface area contributed by atoms with Crippen LogP contribution in [0.25, 0.3) is 45.1 Å². The van der Waals surface area contributed by atoms with Crippen molar-refractivity contribution in [2.45, 2.75) is 89.6 Å². The first-order chi connectivity index (χ1) is 28.9. The first kappa shape index (κ1) is 40.7. The van der Waals surface area contributed by atoms with E-state index in [1.807, 2.05) is 48.5 Å². The van der Waals surface area contributed by atoms with Crippen molar-refractivity contribution >= 4 is 28.0 Å². The van der Waals surface area contributed by atoms with Gasteiger partial charge >= 0.3 is 11.4 Å². The highest BCUT2D eigenvalue weighted by Gasteiger charge is 2.37. The quantitative estimate of drug-likeness (QED) is 0.136. The molecule has 0 unspecified atom stereocenters. The van der Waals surface area contributed by atoms with Crippen molar-refractivity contribution in [3.05, 3.63) is 118 Å². The predicted octanol–water partition coefficient (Wildman–Crippen LogP) is 7.32. The molecule has 2 saturated heterocycles. The van der Waals surface area contributed by atoms with Crippen LogP contribution < -0.4 is 21.6 Å². The smallest absolute Gasteiger partial charge is 0.327 e. The van der Waals surface area contributed by atoms with Crippen molar-refractivity contribution in [2.75, 3.05) is 31.1 Å². The lowest BCUT2D eigenvalue weighted by Gasteiger charge is -2.37. The zero-order valence-corrected chi connectivity index (χ0v) is 34.5. The number of aromatic amines is 2. The summed E-state index contributed by atoms with van der Waals surface area (Å²) in [6.07, 6.45) is 8.18. The van der Waals surface area contributed by atoms with E-state index >= 15 is 8.78 Å². The van der Waals surface area contributed by atoms with Gasteiger partial charge in [0.15, 0.2) is 22.9 Å². The van der Waals surface area contributed by atoms with E-state index in [0.717, 1.165) is 27.9 Å². The maximum atomic E-state index is 15.9. The maximum Gasteiger partial charge on any atom is 0.327 e. The topological polar surface area (TPSA) is 155 Å². The number of alkyl halides is 2. The molecule has 9 rings (SSSR count). The highest BCUT2D eigenvalue weighted by Crippen LogP contribution is 2.33. The van der Waals surface area contributed by atoms with Crippen LogP contribution in [-0.2, 0) is 13.1 Å². The summed E-state index contributed by atoms with van der Waals surface area (Å²) in [5.41, 5.74) is 3.48. The summed E-state index contributed by atoms with van der Waals surface area (Å²) < 4.78 is 33.9. The molecule has 15 heteroatoms. The van der Waals surface area contributed by atoms with Crippen LogP contribution in [0.2, 0.25) is 0 Å². The number of anilines is 1. The lowest BCUT2D eigenvalue weighted by Crippen LogP contribution is -2.45. The number of imidazole rings is 2. The number of halogens is 2. The fourth-order valence-corrected chi connectivity index (χ4v) is 8.32. The van der Waals surface area contributed by atoms with Crippen molar-refractivity contribution in [2.24, 2.45) is 0 Å². The Morgan fingerprint density at radius 1 is 0.650 bits per heavy atom. The predicted molar refractivity (Wildman–Crippen MR) is 231 cm³/mol. The molecule has 0 saturated carbocycles. The number of H-pyrrole nitrogens is 2. The number of aromatic nitrogens is 9. The summed E-state index contributed by atoms with van der Waals surface area (Å²) in [6.45, 7) is 10.8. The van der Waals surface area contributed by atoms with Gasteiger partial charge in [0.25, 0.3) is 0 Å². The minimum atomic E-state index is -1.49. The number of piperidine rings is 2. The zero-order valence-electron chi connectivity index (χ0n) is 34.5. The van der Waals surface area contributed by atoms with Gasteiger partial charge in [0.1, 0.15) is 22.4 Å². The molecule has 2 fully saturated rings. The number of benzene rings is 2. The molecule has 2 aliphatic rings. The van der Waals surface area contributed by atoms with E-state index in [9.17, 15) is 9.59 Å². The van der Waals surface area contributed by atoms with Crippen molar-refractivity contribution in [3.63, 3.8) is 0 Å². The largest absolute Gasteiger partial charge is 0.370 e. The molecule has 7 heterocycles. The van der Waals surface area contributed by atoms with E-state index in [0.29, 0.717) is 97.7 Å². The van der Waals surface area contributed by atoms with Gasteiger partial charge in [-0.05, 0) is 61.0 Å². The first-order valence-electron chi connectivity index (χ1n) is 20.7. The van der Waals surface area contributed by atoms with Crippen LogP contribution in [0.15, 0.2) is 95.0 Å². The zero-order chi connectivity index (χ0) is 42.0. The van der Waals surface area contributed by atoms with Crippen molar-refractivity contribution < 1.29 is 8.78 Å². The van der Waals surface area contributed by atoms with Crippen LogP contribution in [0.3, 0.4) is 0 Å². The van der Waals surface area contributed by atoms with Crippen LogP contribution in [0.1, 0.15) is 76.3 Å². The minimum Gasteiger partial charge on any atom is -0.370 e. The Hall–Kier alpha value is -6.09. The summed E-state index contributed by atoms with van der Waals surface area (Å²) in [4.78, 5) is 55.2. The van der Waals surface area contributed by atoms with Gasteiger partial charge in [0, 0.05) is 43.3 Å². The Bertz CT molecular complexity index is 2710. The van der Waals surface area contributed by atoms with Gasteiger partial charge in [-0.3, -0.25) is 14.1 Å². The number of nitrogens with one attached hydrogen (secondary N) is 3. The number of pyridine rings is 1. The molecule has 60 heavy (non-hydrogen) atoms. The van der Waals surface area contributed by atoms with E-state index in [1.54, 1.807) is 24.8 Å². The first-order valence-corrected chi connectivity index (χ1v) is 20.7. The third kappa shape index (κ3) is 8.49. The Kier molecular flexibility index (Phi) is 11.4. The summed E-state index contributed by atoms with van der Waals surface area (Å²) in [6, 6.07) is 19.8. The lowest BCUT2D eigenvalue weighted by molar-refractivity contribution is 0.0940. The molecule has 3 N–H and O–H groups in total. The van der Waals surface area contributed by atoms with Gasteiger partial charge < -0.3 is 20.2 Å². The molecule has 2 aliphatic heterocycles. The fourth-order valence-electron chi connectivity index (χ4n) is 8.32. The molecular weight excluding hydrogens is 765 g/mol. The summed E-state index contributed by atoms with van der Waals surface area (Å²) in [7, 11) is 0. The second-order valence-electron chi connectivity index (χ2n) is 16.6. The summed E-state index contributed by atoms with van der Waals surface area (Å²) in [5.74, 6) is 1.71. The van der Waals surface area contributed by atoms with Crippen LogP contribution >= 0.6 is 0 Å². The van der Waals surface area contributed by atoms with Gasteiger partial charge in [-0.25, -0.2) is 38.3 Å². The molecule has 5 aromatic heterocycles. The van der Waals surface area contributed by atoms with Crippen LogP contribution in [0.5, 0.6) is 0 Å². The van der Waals surface area contributed by atoms with Gasteiger partial charge in [-0.1, -0.05) is 76.2 Å². The van der Waals surface area contributed by atoms with Crippen LogP contribution in [0, 0.1) is 0 Å². The van der Waals surface area contributed by atoms with E-state index in [-0.39, 0.29) is 24.5 Å². The SMILES string of the molecule is CC(C)c1ccccc1-c1ncc2[nH]c(=O)n(CC3(F)CCN(c4cccnc4)CC3)c2n1.CC(C)c1ccccc1-c1ncc2[nH]c(=O)n(CC3(F)CCNCC3)c2n1. The Balaban J connectivity index is 0.000000170. The average molecular weight is 816 g/mol. The standard InChI is InChI=1S/C25H27FN6O.C20H24FN5O/c1-17(2)19-7-3-4-8-20(19)22-28-15-21-23(30-22)32(24(33)29-21)16-25(26)9-12-31(13-10-25)18-6-5-11-27-14-18;1-13(2)14-5-3-4-6-15(14)17-23-11-16-18(25-17)26(19(27)24-16)12-20(21)7-9-22-10-8-20/h3-8,11,14-15,17H,9-10,12-13,16H2,1-2H3,(H,29,33);3-6,11,13,22H,7-10,12H2,1-2H3,(H,24,27). The Morgan fingerprint density at radius 3 is 1.60 bits per heavy atom. The molecule has 13 nitrogen and oxygen atoms in total.